The van der Waals surface area contributed by atoms with E-state index in [0.29, 0.717) is 36.9 Å². The number of carbonyl (C=O) groups is 1. The quantitative estimate of drug-likeness (QED) is 0.636. The second-order valence-corrected chi connectivity index (χ2v) is 9.98. The van der Waals surface area contributed by atoms with Gasteiger partial charge in [-0.1, -0.05) is 23.7 Å². The van der Waals surface area contributed by atoms with Crippen LogP contribution in [0.4, 0.5) is 0 Å². The fourth-order valence-corrected chi connectivity index (χ4v) is 5.52. The Balaban J connectivity index is 1.41. The van der Waals surface area contributed by atoms with Crippen LogP contribution in [0.3, 0.4) is 0 Å². The molecule has 8 heteroatoms. The maximum Gasteiger partial charge on any atom is 0.221 e. The Hall–Kier alpha value is -0.990. The van der Waals surface area contributed by atoms with Crippen LogP contribution < -0.4 is 0 Å². The molecular formula is C20H29ClN2O4S. The number of benzene rings is 1. The molecule has 156 valence electrons. The maximum absolute atomic E-state index is 12.6. The van der Waals surface area contributed by atoms with Gasteiger partial charge in [-0.3, -0.25) is 9.69 Å². The average Bonchev–Trinajstić information content (AvgIpc) is 2.69. The van der Waals surface area contributed by atoms with E-state index in [-0.39, 0.29) is 11.5 Å². The molecule has 0 aromatic heterocycles. The third-order valence-corrected chi connectivity index (χ3v) is 7.66. The molecular weight excluding hydrogens is 400 g/mol. The number of morpholine rings is 1. The molecule has 0 radical (unpaired) electrons. The van der Waals surface area contributed by atoms with Crippen LogP contribution in [0.25, 0.3) is 0 Å². The van der Waals surface area contributed by atoms with Crippen LogP contribution in [-0.4, -0.2) is 75.1 Å². The molecule has 0 amide bonds. The van der Waals surface area contributed by atoms with Crippen molar-refractivity contribution >= 4 is 27.4 Å². The summed E-state index contributed by atoms with van der Waals surface area (Å²) in [6, 6.07) is 7.76. The van der Waals surface area contributed by atoms with Crippen LogP contribution in [0.2, 0.25) is 5.02 Å². The lowest BCUT2D eigenvalue weighted by Gasteiger charge is -2.31. The summed E-state index contributed by atoms with van der Waals surface area (Å²) >= 11 is 5.93. The second-order valence-electron chi connectivity index (χ2n) is 7.58. The van der Waals surface area contributed by atoms with Gasteiger partial charge in [-0.2, -0.15) is 0 Å². The fourth-order valence-electron chi connectivity index (χ4n) is 3.89. The van der Waals surface area contributed by atoms with Gasteiger partial charge in [-0.05, 0) is 49.4 Å². The van der Waals surface area contributed by atoms with Gasteiger partial charge in [0.1, 0.15) is 11.5 Å². The van der Waals surface area contributed by atoms with Gasteiger partial charge in [0, 0.05) is 37.6 Å². The second kappa shape index (κ2) is 10.2. The normalized spacial score (nSPS) is 20.3. The SMILES string of the molecule is O=C(CCCN1CCOCC1)CS(=O)(=O)N1CCC(c2ccc(Cl)cc2)CC1. The van der Waals surface area contributed by atoms with Crippen molar-refractivity contribution in [1.29, 1.82) is 0 Å². The monoisotopic (exact) mass is 428 g/mol. The number of rotatable bonds is 8. The molecule has 0 unspecified atom stereocenters. The van der Waals surface area contributed by atoms with E-state index in [1.165, 1.54) is 9.87 Å². The largest absolute Gasteiger partial charge is 0.379 e. The molecule has 3 rings (SSSR count). The van der Waals surface area contributed by atoms with Gasteiger partial charge in [-0.25, -0.2) is 12.7 Å². The van der Waals surface area contributed by atoms with Gasteiger partial charge < -0.3 is 4.74 Å². The first-order chi connectivity index (χ1) is 13.4. The molecule has 6 nitrogen and oxygen atoms in total. The Morgan fingerprint density at radius 3 is 2.36 bits per heavy atom. The third kappa shape index (κ3) is 6.26. The van der Waals surface area contributed by atoms with E-state index in [4.69, 9.17) is 16.3 Å². The van der Waals surface area contributed by atoms with E-state index >= 15 is 0 Å². The van der Waals surface area contributed by atoms with Crippen molar-refractivity contribution in [3.05, 3.63) is 34.9 Å². The zero-order valence-corrected chi connectivity index (χ0v) is 17.8. The van der Waals surface area contributed by atoms with Crippen LogP contribution in [-0.2, 0) is 19.6 Å². The van der Waals surface area contributed by atoms with Crippen molar-refractivity contribution in [2.75, 3.05) is 51.7 Å². The van der Waals surface area contributed by atoms with Crippen molar-refractivity contribution in [2.45, 2.75) is 31.6 Å². The Bertz CT molecular complexity index is 740. The van der Waals surface area contributed by atoms with E-state index in [0.717, 1.165) is 45.7 Å². The maximum atomic E-state index is 12.6. The summed E-state index contributed by atoms with van der Waals surface area (Å²) in [4.78, 5) is 14.5. The highest BCUT2D eigenvalue weighted by atomic mass is 35.5. The van der Waals surface area contributed by atoms with E-state index in [9.17, 15) is 13.2 Å². The molecule has 2 saturated heterocycles. The highest BCUT2D eigenvalue weighted by molar-refractivity contribution is 7.89. The van der Waals surface area contributed by atoms with Crippen molar-refractivity contribution in [1.82, 2.24) is 9.21 Å². The van der Waals surface area contributed by atoms with Crippen LogP contribution in [0, 0.1) is 0 Å². The predicted octanol–water partition coefficient (Wildman–Crippen LogP) is 2.53. The number of carbonyl (C=O) groups excluding carboxylic acids is 1. The molecule has 2 heterocycles. The molecule has 0 aliphatic carbocycles. The zero-order chi connectivity index (χ0) is 20.0. The van der Waals surface area contributed by atoms with Crippen LogP contribution in [0.15, 0.2) is 24.3 Å². The highest BCUT2D eigenvalue weighted by Crippen LogP contribution is 2.30. The molecule has 0 spiro atoms. The Kier molecular flexibility index (Phi) is 7.88. The number of Topliss-reactive ketones (excluding diaryl/α,β-unsaturated/α-hetero) is 1. The van der Waals surface area contributed by atoms with Gasteiger partial charge in [0.05, 0.1) is 13.2 Å². The van der Waals surface area contributed by atoms with E-state index in [1.807, 2.05) is 24.3 Å². The first kappa shape index (κ1) is 21.7. The number of ketones is 1. The topological polar surface area (TPSA) is 66.9 Å². The van der Waals surface area contributed by atoms with Crippen LogP contribution >= 0.6 is 11.6 Å². The summed E-state index contributed by atoms with van der Waals surface area (Å²) in [5.41, 5.74) is 1.20. The molecule has 28 heavy (non-hydrogen) atoms. The highest BCUT2D eigenvalue weighted by Gasteiger charge is 2.30. The molecule has 0 N–H and O–H groups in total. The van der Waals surface area contributed by atoms with E-state index < -0.39 is 10.0 Å². The number of piperidine rings is 1. The minimum absolute atomic E-state index is 0.187. The fraction of sp³-hybridized carbons (Fsp3) is 0.650. The number of halogens is 1. The molecule has 2 fully saturated rings. The first-order valence-electron chi connectivity index (χ1n) is 9.99. The summed E-state index contributed by atoms with van der Waals surface area (Å²) in [6.07, 6.45) is 2.56. The summed E-state index contributed by atoms with van der Waals surface area (Å²) in [6.45, 7) is 4.99. The summed E-state index contributed by atoms with van der Waals surface area (Å²) in [5, 5.41) is 0.705. The average molecular weight is 429 g/mol. The number of hydrogen-bond donors (Lipinski definition) is 0. The van der Waals surface area contributed by atoms with Crippen molar-refractivity contribution < 1.29 is 17.9 Å². The number of nitrogens with zero attached hydrogens (tertiary/aromatic N) is 2. The molecule has 1 aromatic carbocycles. The summed E-state index contributed by atoms with van der Waals surface area (Å²) in [5.74, 6) is -0.220. The van der Waals surface area contributed by atoms with Gasteiger partial charge in [0.15, 0.2) is 0 Å². The van der Waals surface area contributed by atoms with Crippen LogP contribution in [0.1, 0.15) is 37.2 Å². The number of ether oxygens (including phenoxy) is 1. The molecule has 2 aliphatic heterocycles. The Labute approximate surface area is 172 Å². The van der Waals surface area contributed by atoms with Crippen molar-refractivity contribution in [2.24, 2.45) is 0 Å². The van der Waals surface area contributed by atoms with Gasteiger partial charge in [0.2, 0.25) is 10.0 Å². The van der Waals surface area contributed by atoms with Crippen LogP contribution in [0.5, 0.6) is 0 Å². The molecule has 2 aliphatic rings. The Morgan fingerprint density at radius 2 is 1.71 bits per heavy atom. The van der Waals surface area contributed by atoms with E-state index in [2.05, 4.69) is 4.90 Å². The molecule has 0 bridgehead atoms. The standard InChI is InChI=1S/C20H29ClN2O4S/c21-19-5-3-17(4-6-19)18-7-10-23(11-8-18)28(25,26)16-20(24)2-1-9-22-12-14-27-15-13-22/h3-6,18H,1-2,7-16H2. The van der Waals surface area contributed by atoms with E-state index in [1.54, 1.807) is 0 Å². The molecule has 0 saturated carbocycles. The van der Waals surface area contributed by atoms with Crippen molar-refractivity contribution in [3.8, 4) is 0 Å². The molecule has 0 atom stereocenters. The third-order valence-electron chi connectivity index (χ3n) is 5.57. The predicted molar refractivity (Wildman–Crippen MR) is 110 cm³/mol. The van der Waals surface area contributed by atoms with Gasteiger partial charge in [0.25, 0.3) is 0 Å². The lowest BCUT2D eigenvalue weighted by molar-refractivity contribution is -0.116. The van der Waals surface area contributed by atoms with Gasteiger partial charge in [-0.15, -0.1) is 0 Å². The summed E-state index contributed by atoms with van der Waals surface area (Å²) < 4.78 is 32.0. The smallest absolute Gasteiger partial charge is 0.221 e. The lowest BCUT2D eigenvalue weighted by atomic mass is 9.90. The molecule has 1 aromatic rings. The zero-order valence-electron chi connectivity index (χ0n) is 16.2. The number of sulfonamides is 1. The Morgan fingerprint density at radius 1 is 1.07 bits per heavy atom. The van der Waals surface area contributed by atoms with Gasteiger partial charge >= 0.3 is 0 Å². The number of hydrogen-bond acceptors (Lipinski definition) is 5. The van der Waals surface area contributed by atoms with Crippen molar-refractivity contribution in [3.63, 3.8) is 0 Å². The minimum atomic E-state index is -3.52. The minimum Gasteiger partial charge on any atom is -0.379 e. The first-order valence-corrected chi connectivity index (χ1v) is 12.0. The lowest BCUT2D eigenvalue weighted by Crippen LogP contribution is -2.41. The summed E-state index contributed by atoms with van der Waals surface area (Å²) in [7, 11) is -3.52.